The zero-order chi connectivity index (χ0) is 12.5. The van der Waals surface area contributed by atoms with Crippen LogP contribution in [0.4, 0.5) is 8.78 Å². The molecule has 0 rings (SSSR count). The van der Waals surface area contributed by atoms with E-state index in [0.717, 1.165) is 6.42 Å². The van der Waals surface area contributed by atoms with Crippen molar-refractivity contribution in [3.05, 3.63) is 0 Å². The minimum Gasteiger partial charge on any atom is -0.192 e. The predicted molar refractivity (Wildman–Crippen MR) is 63.1 cm³/mol. The summed E-state index contributed by atoms with van der Waals surface area (Å²) < 4.78 is 25.3. The highest BCUT2D eigenvalue weighted by Gasteiger charge is 2.22. The topological polar surface area (TPSA) is 0 Å². The van der Waals surface area contributed by atoms with Gasteiger partial charge in [-0.05, 0) is 11.3 Å². The van der Waals surface area contributed by atoms with E-state index in [-0.39, 0.29) is 11.8 Å². The van der Waals surface area contributed by atoms with Gasteiger partial charge in [0.05, 0.1) is 0 Å². The zero-order valence-electron chi connectivity index (χ0n) is 10.9. The molecule has 15 heavy (non-hydrogen) atoms. The molecule has 0 unspecified atom stereocenters. The van der Waals surface area contributed by atoms with Crippen molar-refractivity contribution in [2.45, 2.75) is 66.7 Å². The minimum absolute atomic E-state index is 0.0524. The van der Waals surface area contributed by atoms with Gasteiger partial charge in [0.2, 0.25) is 0 Å². The van der Waals surface area contributed by atoms with Crippen molar-refractivity contribution in [2.24, 2.45) is 5.41 Å². The normalized spacial score (nSPS) is 10.9. The number of alkyl halides is 2. The summed E-state index contributed by atoms with van der Waals surface area (Å²) in [5.41, 5.74) is 0.0524. The molecule has 90 valence electrons. The monoisotopic (exact) mass is 218 g/mol. The van der Waals surface area contributed by atoms with Crippen LogP contribution in [-0.2, 0) is 0 Å². The molecule has 0 aliphatic heterocycles. The summed E-state index contributed by atoms with van der Waals surface area (Å²) in [7, 11) is 0. The van der Waals surface area contributed by atoms with E-state index < -0.39 is 5.92 Å². The molecule has 0 fully saturated rings. The highest BCUT2D eigenvalue weighted by molar-refractivity contribution is 5.10. The first-order valence-corrected chi connectivity index (χ1v) is 5.71. The van der Waals surface area contributed by atoms with Crippen molar-refractivity contribution in [1.82, 2.24) is 0 Å². The second-order valence-electron chi connectivity index (χ2n) is 4.05. The average molecular weight is 218 g/mol. The van der Waals surface area contributed by atoms with E-state index in [1.54, 1.807) is 0 Å². The second kappa shape index (κ2) is 7.68. The van der Waals surface area contributed by atoms with Gasteiger partial charge in [-0.25, -0.2) is 0 Å². The van der Waals surface area contributed by atoms with Gasteiger partial charge in [0.15, 0.2) is 0 Å². The first kappa shape index (κ1) is 16.8. The molecule has 0 spiro atoms. The molecule has 0 N–H and O–H groups in total. The van der Waals surface area contributed by atoms with Crippen molar-refractivity contribution in [2.75, 3.05) is 0 Å². The van der Waals surface area contributed by atoms with Gasteiger partial charge in [0.25, 0.3) is 0 Å². The van der Waals surface area contributed by atoms with Crippen LogP contribution in [0.15, 0.2) is 0 Å². The average Bonchev–Trinajstić information content (AvgIpc) is 2.20. The molecule has 0 atom stereocenters. The second-order valence-corrected chi connectivity index (χ2v) is 4.05. The number of hydrogen-bond acceptors (Lipinski definition) is 0. The van der Waals surface area contributed by atoms with Crippen molar-refractivity contribution in [3.8, 4) is 11.8 Å². The Bertz CT molecular complexity index is 206. The van der Waals surface area contributed by atoms with Crippen LogP contribution in [0.25, 0.3) is 0 Å². The van der Waals surface area contributed by atoms with Crippen LogP contribution < -0.4 is 0 Å². The van der Waals surface area contributed by atoms with Gasteiger partial charge in [-0.15, -0.1) is 0 Å². The van der Waals surface area contributed by atoms with Crippen LogP contribution in [0, 0.1) is 17.3 Å². The molecule has 0 nitrogen and oxygen atoms in total. The standard InChI is InChI=1S/C11H18F2.C2H6/c1-5-10(3,4)8-7-9-11(12,13)6-2;1-2/h5-6,8H2,1-4H3;1-2H3. The lowest BCUT2D eigenvalue weighted by Crippen LogP contribution is -2.12. The van der Waals surface area contributed by atoms with E-state index in [1.165, 1.54) is 6.92 Å². The Hall–Kier alpha value is -0.580. The number of halogens is 2. The zero-order valence-corrected chi connectivity index (χ0v) is 10.9. The summed E-state index contributed by atoms with van der Waals surface area (Å²) in [6.45, 7) is 11.6. The molecule has 0 aliphatic rings. The Morgan fingerprint density at radius 1 is 1.00 bits per heavy atom. The van der Waals surface area contributed by atoms with Crippen LogP contribution in [0.3, 0.4) is 0 Å². The van der Waals surface area contributed by atoms with Crippen molar-refractivity contribution in [3.63, 3.8) is 0 Å². The van der Waals surface area contributed by atoms with Gasteiger partial charge in [-0.2, -0.15) is 8.78 Å². The maximum Gasteiger partial charge on any atom is 0.307 e. The van der Waals surface area contributed by atoms with E-state index in [4.69, 9.17) is 0 Å². The Labute approximate surface area is 93.5 Å². The SMILES string of the molecule is CC.CCC(F)(F)C#CCC(C)(C)CC. The van der Waals surface area contributed by atoms with Crippen LogP contribution in [0.2, 0.25) is 0 Å². The van der Waals surface area contributed by atoms with Crippen molar-refractivity contribution in [1.29, 1.82) is 0 Å². The lowest BCUT2D eigenvalue weighted by atomic mass is 9.87. The summed E-state index contributed by atoms with van der Waals surface area (Å²) >= 11 is 0. The maximum absolute atomic E-state index is 12.7. The van der Waals surface area contributed by atoms with Crippen molar-refractivity contribution >= 4 is 0 Å². The summed E-state index contributed by atoms with van der Waals surface area (Å²) in [5, 5.41) is 0. The third-order valence-electron chi connectivity index (χ3n) is 2.24. The molecule has 0 radical (unpaired) electrons. The number of rotatable bonds is 3. The highest BCUT2D eigenvalue weighted by Crippen LogP contribution is 2.24. The molecule has 0 aromatic rings. The lowest BCUT2D eigenvalue weighted by molar-refractivity contribution is 0.0621. The highest BCUT2D eigenvalue weighted by atomic mass is 19.3. The van der Waals surface area contributed by atoms with Gasteiger partial charge in [-0.1, -0.05) is 53.9 Å². The molecule has 0 aliphatic carbocycles. The van der Waals surface area contributed by atoms with Crippen LogP contribution in [0.5, 0.6) is 0 Å². The van der Waals surface area contributed by atoms with Gasteiger partial charge in [0.1, 0.15) is 0 Å². The molecule has 0 aromatic carbocycles. The Morgan fingerprint density at radius 2 is 1.47 bits per heavy atom. The fraction of sp³-hybridized carbons (Fsp3) is 0.846. The molecular formula is C13H24F2. The molecule has 2 heteroatoms. The summed E-state index contributed by atoms with van der Waals surface area (Å²) in [5.74, 6) is 1.78. The molecule has 0 saturated carbocycles. The molecule has 0 aromatic heterocycles. The molecule has 0 bridgehead atoms. The van der Waals surface area contributed by atoms with E-state index in [0.29, 0.717) is 6.42 Å². The first-order valence-electron chi connectivity index (χ1n) is 5.71. The lowest BCUT2D eigenvalue weighted by Gasteiger charge is -2.18. The van der Waals surface area contributed by atoms with Crippen LogP contribution in [0.1, 0.15) is 60.8 Å². The molecule has 0 saturated heterocycles. The quantitative estimate of drug-likeness (QED) is 0.592. The van der Waals surface area contributed by atoms with Gasteiger partial charge in [-0.3, -0.25) is 0 Å². The van der Waals surface area contributed by atoms with Crippen molar-refractivity contribution < 1.29 is 8.78 Å². The van der Waals surface area contributed by atoms with E-state index in [9.17, 15) is 8.78 Å². The van der Waals surface area contributed by atoms with E-state index in [2.05, 4.69) is 5.92 Å². The Balaban J connectivity index is 0. The molecular weight excluding hydrogens is 194 g/mol. The maximum atomic E-state index is 12.7. The Kier molecular flexibility index (Phi) is 8.62. The fourth-order valence-corrected chi connectivity index (χ4v) is 0.626. The predicted octanol–water partition coefficient (Wildman–Crippen LogP) is 4.89. The van der Waals surface area contributed by atoms with Crippen LogP contribution >= 0.6 is 0 Å². The summed E-state index contributed by atoms with van der Waals surface area (Å²) in [4.78, 5) is 0. The Morgan fingerprint density at radius 3 is 1.80 bits per heavy atom. The minimum atomic E-state index is -2.80. The summed E-state index contributed by atoms with van der Waals surface area (Å²) in [6, 6.07) is 0. The van der Waals surface area contributed by atoms with E-state index >= 15 is 0 Å². The third-order valence-corrected chi connectivity index (χ3v) is 2.24. The largest absolute Gasteiger partial charge is 0.307 e. The van der Waals surface area contributed by atoms with E-state index in [1.807, 2.05) is 40.5 Å². The fourth-order valence-electron chi connectivity index (χ4n) is 0.626. The third kappa shape index (κ3) is 9.72. The molecule has 0 heterocycles. The van der Waals surface area contributed by atoms with Crippen LogP contribution in [-0.4, -0.2) is 5.92 Å². The first-order chi connectivity index (χ1) is 6.83. The smallest absolute Gasteiger partial charge is 0.192 e. The van der Waals surface area contributed by atoms with Gasteiger partial charge < -0.3 is 0 Å². The van der Waals surface area contributed by atoms with Gasteiger partial charge >= 0.3 is 5.92 Å². The molecule has 0 amide bonds. The number of hydrogen-bond donors (Lipinski definition) is 0. The van der Waals surface area contributed by atoms with Gasteiger partial charge in [0, 0.05) is 12.8 Å². The summed E-state index contributed by atoms with van der Waals surface area (Å²) in [6.07, 6.45) is 1.30.